The first-order valence-electron chi connectivity index (χ1n) is 11.0. The van der Waals surface area contributed by atoms with E-state index in [1.54, 1.807) is 6.21 Å². The van der Waals surface area contributed by atoms with Crippen LogP contribution in [0.5, 0.6) is 11.5 Å². The van der Waals surface area contributed by atoms with Gasteiger partial charge in [-0.05, 0) is 47.7 Å². The molecule has 0 aliphatic heterocycles. The van der Waals surface area contributed by atoms with Crippen molar-refractivity contribution in [3.05, 3.63) is 95.6 Å². The van der Waals surface area contributed by atoms with Gasteiger partial charge < -0.3 is 9.47 Å². The molecule has 0 fully saturated rings. The predicted molar refractivity (Wildman–Crippen MR) is 128 cm³/mol. The van der Waals surface area contributed by atoms with Crippen LogP contribution in [-0.2, 0) is 11.4 Å². The number of hydrazone groups is 1. The van der Waals surface area contributed by atoms with Gasteiger partial charge in [0.1, 0.15) is 18.1 Å². The van der Waals surface area contributed by atoms with E-state index in [-0.39, 0.29) is 12.5 Å². The summed E-state index contributed by atoms with van der Waals surface area (Å²) in [4.78, 5) is 12.1. The van der Waals surface area contributed by atoms with E-state index in [0.717, 1.165) is 24.0 Å². The lowest BCUT2D eigenvalue weighted by molar-refractivity contribution is -0.123. The molecule has 1 amide bonds. The number of carbonyl (C=O) groups is 1. The van der Waals surface area contributed by atoms with Crippen LogP contribution in [0.1, 0.15) is 49.3 Å². The van der Waals surface area contributed by atoms with Crippen molar-refractivity contribution in [2.24, 2.45) is 5.10 Å². The second-order valence-electron chi connectivity index (χ2n) is 7.65. The van der Waals surface area contributed by atoms with Gasteiger partial charge in [0.25, 0.3) is 5.91 Å². The summed E-state index contributed by atoms with van der Waals surface area (Å²) < 4.78 is 11.5. The molecular weight excluding hydrogens is 400 g/mol. The van der Waals surface area contributed by atoms with Crippen LogP contribution in [0, 0.1) is 0 Å². The fraction of sp³-hybridized carbons (Fsp3) is 0.259. The second kappa shape index (κ2) is 12.3. The van der Waals surface area contributed by atoms with Gasteiger partial charge in [0, 0.05) is 5.56 Å². The minimum atomic E-state index is -0.327. The maximum Gasteiger partial charge on any atom is 0.277 e. The van der Waals surface area contributed by atoms with Crippen molar-refractivity contribution >= 4 is 12.1 Å². The number of carbonyl (C=O) groups excluding carboxylic acids is 1. The minimum Gasteiger partial charge on any atom is -0.488 e. The fourth-order valence-electron chi connectivity index (χ4n) is 3.30. The molecule has 1 atom stereocenters. The maximum absolute atomic E-state index is 12.1. The quantitative estimate of drug-likeness (QED) is 0.314. The molecule has 0 radical (unpaired) electrons. The van der Waals surface area contributed by atoms with E-state index >= 15 is 0 Å². The number of ether oxygens (including phenoxy) is 2. The minimum absolute atomic E-state index is 0.104. The molecule has 5 nitrogen and oxygen atoms in total. The van der Waals surface area contributed by atoms with Gasteiger partial charge in [-0.15, -0.1) is 0 Å². The van der Waals surface area contributed by atoms with Crippen LogP contribution in [0.3, 0.4) is 0 Å². The van der Waals surface area contributed by atoms with Gasteiger partial charge in [0.05, 0.1) is 6.21 Å². The van der Waals surface area contributed by atoms with Gasteiger partial charge in [0.15, 0.2) is 6.61 Å². The number of hydrogen-bond donors (Lipinski definition) is 1. The number of rotatable bonds is 11. The van der Waals surface area contributed by atoms with E-state index < -0.39 is 0 Å². The molecule has 1 N–H and O–H groups in total. The highest BCUT2D eigenvalue weighted by Crippen LogP contribution is 2.23. The average Bonchev–Trinajstić information content (AvgIpc) is 2.83. The Balaban J connectivity index is 1.47. The summed E-state index contributed by atoms with van der Waals surface area (Å²) in [6.45, 7) is 4.76. The Hall–Kier alpha value is -3.60. The van der Waals surface area contributed by atoms with Gasteiger partial charge in [-0.25, -0.2) is 5.43 Å². The van der Waals surface area contributed by atoms with E-state index in [1.807, 2.05) is 66.7 Å². The van der Waals surface area contributed by atoms with Crippen LogP contribution < -0.4 is 14.9 Å². The first kappa shape index (κ1) is 23.1. The van der Waals surface area contributed by atoms with Gasteiger partial charge in [-0.1, -0.05) is 74.9 Å². The number of hydrogen-bond acceptors (Lipinski definition) is 4. The number of benzene rings is 3. The third-order valence-electron chi connectivity index (χ3n) is 5.09. The molecule has 166 valence electrons. The molecule has 3 aromatic rings. The Morgan fingerprint density at radius 2 is 1.69 bits per heavy atom. The van der Waals surface area contributed by atoms with Gasteiger partial charge in [-0.3, -0.25) is 4.79 Å². The van der Waals surface area contributed by atoms with Crippen molar-refractivity contribution in [1.29, 1.82) is 0 Å². The summed E-state index contributed by atoms with van der Waals surface area (Å²) in [6, 6.07) is 25.4. The molecular formula is C27H30N2O3. The lowest BCUT2D eigenvalue weighted by Gasteiger charge is -2.11. The van der Waals surface area contributed by atoms with E-state index in [4.69, 9.17) is 9.47 Å². The average molecular weight is 431 g/mol. The zero-order valence-electron chi connectivity index (χ0n) is 18.7. The van der Waals surface area contributed by atoms with Crippen molar-refractivity contribution in [2.75, 3.05) is 6.61 Å². The van der Waals surface area contributed by atoms with E-state index in [1.165, 1.54) is 5.56 Å². The molecule has 0 saturated carbocycles. The largest absolute Gasteiger partial charge is 0.488 e. The normalized spacial score (nSPS) is 11.8. The van der Waals surface area contributed by atoms with Crippen LogP contribution in [-0.4, -0.2) is 18.7 Å². The Kier molecular flexibility index (Phi) is 8.87. The first-order chi connectivity index (χ1) is 15.7. The lowest BCUT2D eigenvalue weighted by Crippen LogP contribution is -2.24. The van der Waals surface area contributed by atoms with Crippen molar-refractivity contribution in [3.63, 3.8) is 0 Å². The molecule has 32 heavy (non-hydrogen) atoms. The highest BCUT2D eigenvalue weighted by atomic mass is 16.5. The van der Waals surface area contributed by atoms with Gasteiger partial charge in [-0.2, -0.15) is 5.10 Å². The second-order valence-corrected chi connectivity index (χ2v) is 7.65. The molecule has 1 unspecified atom stereocenters. The highest BCUT2D eigenvalue weighted by molar-refractivity contribution is 5.85. The molecule has 0 saturated heterocycles. The fourth-order valence-corrected chi connectivity index (χ4v) is 3.30. The van der Waals surface area contributed by atoms with E-state index in [2.05, 4.69) is 36.5 Å². The zero-order valence-corrected chi connectivity index (χ0v) is 18.7. The van der Waals surface area contributed by atoms with Crippen LogP contribution in [0.2, 0.25) is 0 Å². The van der Waals surface area contributed by atoms with Crippen LogP contribution in [0.15, 0.2) is 84.0 Å². The Morgan fingerprint density at radius 3 is 2.44 bits per heavy atom. The summed E-state index contributed by atoms with van der Waals surface area (Å²) >= 11 is 0. The first-order valence-corrected chi connectivity index (χ1v) is 11.0. The zero-order chi connectivity index (χ0) is 22.6. The summed E-state index contributed by atoms with van der Waals surface area (Å²) in [5.74, 6) is 1.55. The third-order valence-corrected chi connectivity index (χ3v) is 5.09. The Labute approximate surface area is 190 Å². The summed E-state index contributed by atoms with van der Waals surface area (Å²) in [7, 11) is 0. The summed E-state index contributed by atoms with van der Waals surface area (Å²) in [5.41, 5.74) is 5.64. The predicted octanol–water partition coefficient (Wildman–Crippen LogP) is 5.70. The van der Waals surface area contributed by atoms with Crippen LogP contribution in [0.4, 0.5) is 0 Å². The molecule has 0 aromatic heterocycles. The van der Waals surface area contributed by atoms with Crippen molar-refractivity contribution in [1.82, 2.24) is 5.43 Å². The van der Waals surface area contributed by atoms with Crippen LogP contribution in [0.25, 0.3) is 0 Å². The number of nitrogens with one attached hydrogen (secondary N) is 1. The molecule has 0 aliphatic rings. The smallest absolute Gasteiger partial charge is 0.277 e. The molecule has 0 aliphatic carbocycles. The number of amides is 1. The number of nitrogens with zero attached hydrogens (tertiary/aromatic N) is 1. The third kappa shape index (κ3) is 7.27. The van der Waals surface area contributed by atoms with Crippen molar-refractivity contribution in [2.45, 2.75) is 39.2 Å². The molecule has 0 spiro atoms. The standard InChI is InChI=1S/C27H30N2O3/c1-3-9-21(2)23-14-16-25(17-15-23)31-20-27(30)29-28-18-24-12-7-8-13-26(24)32-19-22-10-5-4-6-11-22/h4-8,10-18,21H,3,9,19-20H2,1-2H3,(H,29,30). The number of para-hydroxylation sites is 1. The SMILES string of the molecule is CCCC(C)c1ccc(OCC(=O)NN=Cc2ccccc2OCc2ccccc2)cc1. The highest BCUT2D eigenvalue weighted by Gasteiger charge is 2.06. The van der Waals surface area contributed by atoms with E-state index in [9.17, 15) is 4.79 Å². The van der Waals surface area contributed by atoms with Crippen LogP contribution >= 0.6 is 0 Å². The Morgan fingerprint density at radius 1 is 0.969 bits per heavy atom. The molecule has 5 heteroatoms. The summed E-state index contributed by atoms with van der Waals surface area (Å²) in [6.07, 6.45) is 3.88. The van der Waals surface area contributed by atoms with Gasteiger partial charge >= 0.3 is 0 Å². The van der Waals surface area contributed by atoms with Crippen molar-refractivity contribution < 1.29 is 14.3 Å². The topological polar surface area (TPSA) is 59.9 Å². The van der Waals surface area contributed by atoms with E-state index in [0.29, 0.717) is 24.0 Å². The molecule has 3 rings (SSSR count). The summed E-state index contributed by atoms with van der Waals surface area (Å²) in [5, 5.41) is 4.04. The van der Waals surface area contributed by atoms with Crippen molar-refractivity contribution in [3.8, 4) is 11.5 Å². The molecule has 0 bridgehead atoms. The Bertz CT molecular complexity index is 1000. The monoisotopic (exact) mass is 430 g/mol. The molecule has 0 heterocycles. The lowest BCUT2D eigenvalue weighted by atomic mass is 9.97. The maximum atomic E-state index is 12.1. The van der Waals surface area contributed by atoms with Gasteiger partial charge in [0.2, 0.25) is 0 Å². The molecule has 3 aromatic carbocycles.